The molecule has 0 bridgehead atoms. The number of hydrogen-bond acceptors (Lipinski definition) is 2. The molecule has 0 aliphatic carbocycles. The molecule has 0 saturated heterocycles. The first-order valence-corrected chi connectivity index (χ1v) is 4.40. The lowest BCUT2D eigenvalue weighted by atomic mass is 10.1. The largest absolute Gasteiger partial charge is 0.418 e. The van der Waals surface area contributed by atoms with Crippen LogP contribution in [0.25, 0.3) is 0 Å². The molecule has 0 radical (unpaired) electrons. The van der Waals surface area contributed by atoms with Gasteiger partial charge in [-0.05, 0) is 11.6 Å². The summed E-state index contributed by atoms with van der Waals surface area (Å²) in [5.74, 6) is 0. The molecule has 0 unspecified atom stereocenters. The van der Waals surface area contributed by atoms with Gasteiger partial charge in [0.1, 0.15) is 10.8 Å². The highest BCUT2D eigenvalue weighted by atomic mass is 35.5. The summed E-state index contributed by atoms with van der Waals surface area (Å²) in [6.07, 6.45) is -8.29. The van der Waals surface area contributed by atoms with Crippen molar-refractivity contribution in [1.29, 1.82) is 0 Å². The van der Waals surface area contributed by atoms with Gasteiger partial charge in [0.05, 0.1) is 5.56 Å². The number of halogens is 6. The molecule has 0 spiro atoms. The van der Waals surface area contributed by atoms with Crippen molar-refractivity contribution in [2.45, 2.75) is 19.1 Å². The van der Waals surface area contributed by atoms with E-state index in [1.165, 1.54) is 0 Å². The molecule has 0 amide bonds. The quantitative estimate of drug-likeness (QED) is 0.655. The van der Waals surface area contributed by atoms with Crippen LogP contribution in [0.15, 0.2) is 6.07 Å². The smallest absolute Gasteiger partial charge is 0.326 e. The zero-order chi connectivity index (χ0) is 12.5. The Bertz CT molecular complexity index is 391. The summed E-state index contributed by atoms with van der Waals surface area (Å²) < 4.78 is 62.3. The summed E-state index contributed by atoms with van der Waals surface area (Å²) in [5.41, 5.74) is 1.66. The van der Waals surface area contributed by atoms with Crippen LogP contribution in [-0.2, 0) is 12.7 Å². The number of pyridine rings is 1. The molecule has 90 valence electrons. The SMILES string of the molecule is NCc1cc(Cl)nc(C(F)F)c1C(F)(F)F. The van der Waals surface area contributed by atoms with Crippen molar-refractivity contribution in [3.8, 4) is 0 Å². The highest BCUT2D eigenvalue weighted by molar-refractivity contribution is 6.29. The number of nitrogens with zero attached hydrogens (tertiary/aromatic N) is 1. The van der Waals surface area contributed by atoms with E-state index in [-0.39, 0.29) is 0 Å². The molecule has 16 heavy (non-hydrogen) atoms. The lowest BCUT2D eigenvalue weighted by Crippen LogP contribution is -2.17. The van der Waals surface area contributed by atoms with Gasteiger partial charge in [0.2, 0.25) is 0 Å². The summed E-state index contributed by atoms with van der Waals surface area (Å²) in [7, 11) is 0. The minimum absolute atomic E-state index is 0.441. The number of alkyl halides is 5. The van der Waals surface area contributed by atoms with Crippen LogP contribution in [0.3, 0.4) is 0 Å². The van der Waals surface area contributed by atoms with E-state index in [0.717, 1.165) is 6.07 Å². The lowest BCUT2D eigenvalue weighted by Gasteiger charge is -2.15. The standard InChI is InChI=1S/C8H6ClF5N2/c9-4-1-3(2-15)5(8(12,13)14)6(16-4)7(10)11/h1,7H,2,15H2. The molecule has 0 aliphatic heterocycles. The number of rotatable bonds is 2. The van der Waals surface area contributed by atoms with E-state index in [0.29, 0.717) is 0 Å². The minimum Gasteiger partial charge on any atom is -0.326 e. The molecule has 0 aliphatic rings. The van der Waals surface area contributed by atoms with Gasteiger partial charge in [-0.2, -0.15) is 13.2 Å². The maximum Gasteiger partial charge on any atom is 0.418 e. The van der Waals surface area contributed by atoms with Crippen LogP contribution >= 0.6 is 11.6 Å². The Balaban J connectivity index is 3.52. The monoisotopic (exact) mass is 260 g/mol. The Labute approximate surface area is 92.2 Å². The van der Waals surface area contributed by atoms with Gasteiger partial charge in [-0.25, -0.2) is 13.8 Å². The van der Waals surface area contributed by atoms with Crippen molar-refractivity contribution in [2.24, 2.45) is 5.73 Å². The van der Waals surface area contributed by atoms with Gasteiger partial charge >= 0.3 is 6.18 Å². The van der Waals surface area contributed by atoms with Gasteiger partial charge < -0.3 is 5.73 Å². The third kappa shape index (κ3) is 2.59. The average molecular weight is 261 g/mol. The molecule has 0 fully saturated rings. The summed E-state index contributed by atoms with van der Waals surface area (Å²) in [4.78, 5) is 2.99. The zero-order valence-electron chi connectivity index (χ0n) is 7.65. The molecule has 8 heteroatoms. The highest BCUT2D eigenvalue weighted by Crippen LogP contribution is 2.38. The van der Waals surface area contributed by atoms with Crippen molar-refractivity contribution in [3.63, 3.8) is 0 Å². The molecular weight excluding hydrogens is 255 g/mol. The molecule has 1 rings (SSSR count). The van der Waals surface area contributed by atoms with Crippen molar-refractivity contribution in [3.05, 3.63) is 28.0 Å². The third-order valence-corrected chi connectivity index (χ3v) is 2.00. The molecule has 1 aromatic heterocycles. The van der Waals surface area contributed by atoms with Crippen molar-refractivity contribution in [2.75, 3.05) is 0 Å². The van der Waals surface area contributed by atoms with E-state index >= 15 is 0 Å². The van der Waals surface area contributed by atoms with E-state index < -0.39 is 41.1 Å². The normalized spacial score (nSPS) is 12.2. The minimum atomic E-state index is -4.93. The van der Waals surface area contributed by atoms with Gasteiger partial charge in [-0.3, -0.25) is 0 Å². The Morgan fingerprint density at radius 2 is 1.94 bits per heavy atom. The second-order valence-electron chi connectivity index (χ2n) is 2.87. The number of aromatic nitrogens is 1. The van der Waals surface area contributed by atoms with E-state index in [2.05, 4.69) is 4.98 Å². The first kappa shape index (κ1) is 13.1. The first-order valence-electron chi connectivity index (χ1n) is 4.02. The summed E-state index contributed by atoms with van der Waals surface area (Å²) in [6.45, 7) is -0.545. The Morgan fingerprint density at radius 1 is 1.38 bits per heavy atom. The summed E-state index contributed by atoms with van der Waals surface area (Å²) in [5, 5.41) is -0.441. The molecule has 0 atom stereocenters. The van der Waals surface area contributed by atoms with E-state index in [1.807, 2.05) is 0 Å². The lowest BCUT2D eigenvalue weighted by molar-refractivity contribution is -0.140. The maximum atomic E-state index is 12.5. The predicted octanol–water partition coefficient (Wildman–Crippen LogP) is 3.15. The number of nitrogens with two attached hydrogens (primary N) is 1. The van der Waals surface area contributed by atoms with Crippen molar-refractivity contribution in [1.82, 2.24) is 4.98 Å². The molecule has 1 heterocycles. The average Bonchev–Trinajstić information content (AvgIpc) is 2.14. The fraction of sp³-hybridized carbons (Fsp3) is 0.375. The van der Waals surface area contributed by atoms with Gasteiger partial charge in [0.15, 0.2) is 0 Å². The molecule has 2 nitrogen and oxygen atoms in total. The maximum absolute atomic E-state index is 12.5. The molecule has 0 saturated carbocycles. The van der Waals surface area contributed by atoms with Crippen molar-refractivity contribution >= 4 is 11.6 Å². The van der Waals surface area contributed by atoms with E-state index in [9.17, 15) is 22.0 Å². The fourth-order valence-corrected chi connectivity index (χ4v) is 1.45. The Kier molecular flexibility index (Phi) is 3.69. The van der Waals surface area contributed by atoms with Gasteiger partial charge in [-0.1, -0.05) is 11.6 Å². The van der Waals surface area contributed by atoms with Crippen LogP contribution in [0.4, 0.5) is 22.0 Å². The Morgan fingerprint density at radius 3 is 2.31 bits per heavy atom. The molecule has 0 aromatic carbocycles. The van der Waals surface area contributed by atoms with Crippen LogP contribution in [0.1, 0.15) is 23.2 Å². The van der Waals surface area contributed by atoms with Crippen LogP contribution in [0, 0.1) is 0 Å². The number of hydrogen-bond donors (Lipinski definition) is 1. The second kappa shape index (κ2) is 4.50. The van der Waals surface area contributed by atoms with Crippen LogP contribution in [0.2, 0.25) is 5.15 Å². The van der Waals surface area contributed by atoms with Crippen molar-refractivity contribution < 1.29 is 22.0 Å². The fourth-order valence-electron chi connectivity index (χ4n) is 1.23. The summed E-state index contributed by atoms with van der Waals surface area (Å²) in [6, 6.07) is 0.830. The highest BCUT2D eigenvalue weighted by Gasteiger charge is 2.39. The first-order chi connectivity index (χ1) is 7.27. The molecule has 1 aromatic rings. The zero-order valence-corrected chi connectivity index (χ0v) is 8.41. The van der Waals surface area contributed by atoms with Crippen LogP contribution in [-0.4, -0.2) is 4.98 Å². The van der Waals surface area contributed by atoms with Gasteiger partial charge in [0, 0.05) is 6.54 Å². The summed E-state index contributed by atoms with van der Waals surface area (Å²) >= 11 is 5.33. The molecule has 2 N–H and O–H groups in total. The van der Waals surface area contributed by atoms with E-state index in [4.69, 9.17) is 17.3 Å². The topological polar surface area (TPSA) is 38.9 Å². The molecular formula is C8H6ClF5N2. The van der Waals surface area contributed by atoms with Gasteiger partial charge in [-0.15, -0.1) is 0 Å². The third-order valence-electron chi connectivity index (χ3n) is 1.81. The van der Waals surface area contributed by atoms with Crippen LogP contribution < -0.4 is 5.73 Å². The van der Waals surface area contributed by atoms with Gasteiger partial charge in [0.25, 0.3) is 6.43 Å². The Hall–Kier alpha value is -0.950. The second-order valence-corrected chi connectivity index (χ2v) is 3.25. The predicted molar refractivity (Wildman–Crippen MR) is 47.1 cm³/mol. The van der Waals surface area contributed by atoms with Crippen LogP contribution in [0.5, 0.6) is 0 Å². The van der Waals surface area contributed by atoms with E-state index in [1.54, 1.807) is 0 Å².